The van der Waals surface area contributed by atoms with E-state index in [9.17, 15) is 4.79 Å². The molecule has 0 heterocycles. The summed E-state index contributed by atoms with van der Waals surface area (Å²) < 4.78 is 1.98. The second-order valence-electron chi connectivity index (χ2n) is 6.21. The molecule has 1 amide bonds. The summed E-state index contributed by atoms with van der Waals surface area (Å²) in [5.41, 5.74) is 6.28. The third kappa shape index (κ3) is 4.96. The van der Waals surface area contributed by atoms with E-state index in [2.05, 4.69) is 53.8 Å². The number of benzene rings is 3. The number of nitrogens with zero attached hydrogens (tertiary/aromatic N) is 1. The molecule has 0 saturated heterocycles. The lowest BCUT2D eigenvalue weighted by atomic mass is 10.1. The van der Waals surface area contributed by atoms with E-state index in [-0.39, 0.29) is 12.5 Å². The molecule has 4 nitrogen and oxygen atoms in total. The first-order valence-electron chi connectivity index (χ1n) is 8.46. The maximum Gasteiger partial charge on any atom is 0.259 e. The van der Waals surface area contributed by atoms with E-state index in [1.165, 1.54) is 5.39 Å². The molecule has 0 unspecified atom stereocenters. The molecular formula is C21H19Br2N3O. The maximum absolute atomic E-state index is 12.1. The summed E-state index contributed by atoms with van der Waals surface area (Å²) >= 11 is 7.06. The Labute approximate surface area is 175 Å². The van der Waals surface area contributed by atoms with E-state index in [4.69, 9.17) is 0 Å². The first kappa shape index (κ1) is 19.6. The molecule has 3 aromatic rings. The third-order valence-corrected chi connectivity index (χ3v) is 5.90. The number of halogens is 2. The Morgan fingerprint density at radius 2 is 1.67 bits per heavy atom. The molecule has 0 bridgehead atoms. The second-order valence-corrected chi connectivity index (χ2v) is 7.92. The number of carbonyl (C=O) groups excluding carboxylic acids is 1. The molecule has 27 heavy (non-hydrogen) atoms. The molecule has 6 heteroatoms. The van der Waals surface area contributed by atoms with Crippen molar-refractivity contribution in [3.05, 3.63) is 74.7 Å². The molecule has 3 rings (SSSR count). The number of nitrogens with one attached hydrogen (secondary N) is 2. The summed E-state index contributed by atoms with van der Waals surface area (Å²) in [6.07, 6.45) is 0. The van der Waals surface area contributed by atoms with Gasteiger partial charge in [0.25, 0.3) is 5.91 Å². The van der Waals surface area contributed by atoms with Crippen LogP contribution in [0.5, 0.6) is 0 Å². The molecule has 0 spiro atoms. The van der Waals surface area contributed by atoms with E-state index >= 15 is 0 Å². The fourth-order valence-electron chi connectivity index (χ4n) is 2.59. The van der Waals surface area contributed by atoms with E-state index in [1.54, 1.807) is 0 Å². The quantitative estimate of drug-likeness (QED) is 0.361. The zero-order valence-corrected chi connectivity index (χ0v) is 18.2. The van der Waals surface area contributed by atoms with Gasteiger partial charge in [-0.1, -0.05) is 62.2 Å². The van der Waals surface area contributed by atoms with Crippen molar-refractivity contribution in [1.29, 1.82) is 0 Å². The first-order valence-corrected chi connectivity index (χ1v) is 10.0. The van der Waals surface area contributed by atoms with Crippen LogP contribution in [0.1, 0.15) is 18.1 Å². The number of anilines is 1. The van der Waals surface area contributed by atoms with Crippen LogP contribution in [-0.4, -0.2) is 18.2 Å². The number of amides is 1. The molecule has 0 aliphatic rings. The molecule has 138 valence electrons. The van der Waals surface area contributed by atoms with Crippen LogP contribution >= 0.6 is 31.9 Å². The lowest BCUT2D eigenvalue weighted by molar-refractivity contribution is -0.119. The molecule has 0 aliphatic carbocycles. The molecule has 0 aromatic heterocycles. The lowest BCUT2D eigenvalue weighted by Gasteiger charge is -2.09. The molecular weight excluding hydrogens is 470 g/mol. The highest BCUT2D eigenvalue weighted by Crippen LogP contribution is 2.26. The van der Waals surface area contributed by atoms with Crippen LogP contribution in [0, 0.1) is 6.92 Å². The van der Waals surface area contributed by atoms with Crippen molar-refractivity contribution < 1.29 is 4.79 Å². The highest BCUT2D eigenvalue weighted by Gasteiger charge is 2.07. The Kier molecular flexibility index (Phi) is 6.29. The molecule has 0 atom stereocenters. The van der Waals surface area contributed by atoms with Gasteiger partial charge < -0.3 is 5.32 Å². The van der Waals surface area contributed by atoms with Crippen LogP contribution in [0.3, 0.4) is 0 Å². The number of fused-ring (bicyclic) bond motifs is 1. The number of hydrazone groups is 1. The summed E-state index contributed by atoms with van der Waals surface area (Å²) in [7, 11) is 0. The highest BCUT2D eigenvalue weighted by molar-refractivity contribution is 9.11. The largest absolute Gasteiger partial charge is 0.376 e. The van der Waals surface area contributed by atoms with Crippen LogP contribution in [0.15, 0.2) is 68.6 Å². The van der Waals surface area contributed by atoms with Gasteiger partial charge in [0.1, 0.15) is 0 Å². The number of hydrogen-bond acceptors (Lipinski definition) is 3. The van der Waals surface area contributed by atoms with Crippen LogP contribution in [0.4, 0.5) is 5.69 Å². The molecule has 0 saturated carbocycles. The minimum atomic E-state index is -0.201. The fraction of sp³-hybridized carbons (Fsp3) is 0.143. The summed E-state index contributed by atoms with van der Waals surface area (Å²) in [5.74, 6) is -0.201. The maximum atomic E-state index is 12.1. The van der Waals surface area contributed by atoms with Crippen molar-refractivity contribution in [2.75, 3.05) is 11.9 Å². The summed E-state index contributed by atoms with van der Waals surface area (Å²) in [5, 5.41) is 9.63. The number of rotatable bonds is 5. The third-order valence-electron chi connectivity index (χ3n) is 4.25. The predicted octanol–water partition coefficient (Wildman–Crippen LogP) is 5.63. The van der Waals surface area contributed by atoms with Crippen LogP contribution in [0.25, 0.3) is 10.8 Å². The van der Waals surface area contributed by atoms with Gasteiger partial charge in [-0.25, -0.2) is 5.43 Å². The Morgan fingerprint density at radius 3 is 2.37 bits per heavy atom. The summed E-state index contributed by atoms with van der Waals surface area (Å²) in [6.45, 7) is 4.03. The van der Waals surface area contributed by atoms with Gasteiger partial charge in [0.05, 0.1) is 12.3 Å². The topological polar surface area (TPSA) is 53.5 Å². The number of hydrogen-bond donors (Lipinski definition) is 2. The van der Waals surface area contributed by atoms with Gasteiger partial charge in [-0.05, 0) is 60.0 Å². The Morgan fingerprint density at radius 1 is 1.00 bits per heavy atom. The molecule has 3 aromatic carbocycles. The molecule has 0 fully saturated rings. The summed E-state index contributed by atoms with van der Waals surface area (Å²) in [6, 6.07) is 18.1. The van der Waals surface area contributed by atoms with E-state index < -0.39 is 0 Å². The molecule has 0 radical (unpaired) electrons. The SMILES string of the molecule is C/C(=N/NC(=O)CNc1ccc2ccccc2c1)c1cc(Br)c(C)c(Br)c1. The standard InChI is InChI=1S/C21H19Br2N3O/c1-13-19(22)10-17(11-20(13)23)14(2)25-26-21(27)12-24-18-8-7-15-5-3-4-6-16(15)9-18/h3-11,24H,12H2,1-2H3,(H,26,27)/b25-14-. The van der Waals surface area contributed by atoms with Gasteiger partial charge in [-0.15, -0.1) is 0 Å². The average Bonchev–Trinajstić information content (AvgIpc) is 2.68. The van der Waals surface area contributed by atoms with Crippen molar-refractivity contribution in [3.8, 4) is 0 Å². The minimum absolute atomic E-state index is 0.149. The van der Waals surface area contributed by atoms with Gasteiger partial charge in [0.15, 0.2) is 0 Å². The zero-order valence-electron chi connectivity index (χ0n) is 15.0. The van der Waals surface area contributed by atoms with Crippen molar-refractivity contribution >= 4 is 59.9 Å². The van der Waals surface area contributed by atoms with Gasteiger partial charge in [0.2, 0.25) is 0 Å². The molecule has 2 N–H and O–H groups in total. The normalized spacial score (nSPS) is 11.5. The Hall–Kier alpha value is -2.18. The van der Waals surface area contributed by atoms with Gasteiger partial charge >= 0.3 is 0 Å². The van der Waals surface area contributed by atoms with E-state index in [1.807, 2.05) is 62.4 Å². The second kappa shape index (κ2) is 8.67. The number of carbonyl (C=O) groups is 1. The van der Waals surface area contributed by atoms with Gasteiger partial charge in [0, 0.05) is 14.6 Å². The predicted molar refractivity (Wildman–Crippen MR) is 119 cm³/mol. The lowest BCUT2D eigenvalue weighted by Crippen LogP contribution is -2.26. The van der Waals surface area contributed by atoms with Crippen LogP contribution in [-0.2, 0) is 4.79 Å². The summed E-state index contributed by atoms with van der Waals surface area (Å²) in [4.78, 5) is 12.1. The highest BCUT2D eigenvalue weighted by atomic mass is 79.9. The van der Waals surface area contributed by atoms with Crippen LogP contribution in [0.2, 0.25) is 0 Å². The average molecular weight is 489 g/mol. The monoisotopic (exact) mass is 487 g/mol. The zero-order chi connectivity index (χ0) is 19.4. The minimum Gasteiger partial charge on any atom is -0.376 e. The van der Waals surface area contributed by atoms with Crippen molar-refractivity contribution in [3.63, 3.8) is 0 Å². The molecule has 0 aliphatic heterocycles. The van der Waals surface area contributed by atoms with Gasteiger partial charge in [-0.2, -0.15) is 5.10 Å². The van der Waals surface area contributed by atoms with Crippen molar-refractivity contribution in [1.82, 2.24) is 5.43 Å². The fourth-order valence-corrected chi connectivity index (χ4v) is 3.77. The van der Waals surface area contributed by atoms with E-state index in [0.29, 0.717) is 0 Å². The van der Waals surface area contributed by atoms with E-state index in [0.717, 1.165) is 36.9 Å². The van der Waals surface area contributed by atoms with Crippen LogP contribution < -0.4 is 10.7 Å². The smallest absolute Gasteiger partial charge is 0.259 e. The first-order chi connectivity index (χ1) is 12.9. The van der Waals surface area contributed by atoms with Gasteiger partial charge in [-0.3, -0.25) is 4.79 Å². The van der Waals surface area contributed by atoms with Crippen molar-refractivity contribution in [2.45, 2.75) is 13.8 Å². The Balaban J connectivity index is 1.60. The Bertz CT molecular complexity index is 1010. The van der Waals surface area contributed by atoms with Crippen molar-refractivity contribution in [2.24, 2.45) is 5.10 Å².